The van der Waals surface area contributed by atoms with Crippen LogP contribution in [-0.4, -0.2) is 15.9 Å². The summed E-state index contributed by atoms with van der Waals surface area (Å²) in [7, 11) is 0. The molecule has 1 atom stereocenters. The summed E-state index contributed by atoms with van der Waals surface area (Å²) in [5.74, 6) is 2.20. The molecule has 2 aromatic heterocycles. The van der Waals surface area contributed by atoms with E-state index in [9.17, 15) is 4.79 Å². The van der Waals surface area contributed by atoms with Gasteiger partial charge in [-0.3, -0.25) is 9.78 Å². The Labute approximate surface area is 103 Å². The van der Waals surface area contributed by atoms with Gasteiger partial charge in [-0.1, -0.05) is 12.0 Å². The standard InChI is InChI=1S/C12H9N3OS/c1-2-9(10-5-3-4-6-13-10)15-12(16)11-7-17-8-14-11/h1,3-9H,(H,15,16). The summed E-state index contributed by atoms with van der Waals surface area (Å²) in [6.07, 6.45) is 7.02. The molecule has 0 aliphatic heterocycles. The van der Waals surface area contributed by atoms with Gasteiger partial charge in [0.05, 0.1) is 11.2 Å². The number of rotatable bonds is 3. The van der Waals surface area contributed by atoms with Crippen molar-refractivity contribution in [1.82, 2.24) is 15.3 Å². The second kappa shape index (κ2) is 5.23. The third kappa shape index (κ3) is 2.68. The van der Waals surface area contributed by atoms with Crippen LogP contribution in [0.5, 0.6) is 0 Å². The molecular formula is C12H9N3OS. The molecule has 0 radical (unpaired) electrons. The van der Waals surface area contributed by atoms with Crippen LogP contribution in [0.1, 0.15) is 22.2 Å². The number of amides is 1. The lowest BCUT2D eigenvalue weighted by Crippen LogP contribution is -2.28. The van der Waals surface area contributed by atoms with E-state index in [0.29, 0.717) is 11.4 Å². The van der Waals surface area contributed by atoms with Crippen molar-refractivity contribution in [2.75, 3.05) is 0 Å². The maximum Gasteiger partial charge on any atom is 0.272 e. The zero-order valence-electron chi connectivity index (χ0n) is 8.83. The Bertz CT molecular complexity index is 531. The molecule has 2 heterocycles. The van der Waals surface area contributed by atoms with Crippen molar-refractivity contribution < 1.29 is 4.79 Å². The number of thiazole rings is 1. The van der Waals surface area contributed by atoms with Crippen molar-refractivity contribution in [2.45, 2.75) is 6.04 Å². The SMILES string of the molecule is C#CC(NC(=O)c1cscn1)c1ccccn1. The fraction of sp³-hybridized carbons (Fsp3) is 0.0833. The maximum atomic E-state index is 11.8. The number of pyridine rings is 1. The highest BCUT2D eigenvalue weighted by Crippen LogP contribution is 2.09. The minimum absolute atomic E-state index is 0.292. The van der Waals surface area contributed by atoms with E-state index in [1.54, 1.807) is 29.2 Å². The first-order chi connectivity index (χ1) is 8.31. The molecule has 0 spiro atoms. The average Bonchev–Trinajstić information content (AvgIpc) is 2.90. The highest BCUT2D eigenvalue weighted by Gasteiger charge is 2.15. The van der Waals surface area contributed by atoms with E-state index in [-0.39, 0.29) is 5.91 Å². The van der Waals surface area contributed by atoms with Gasteiger partial charge in [-0.05, 0) is 12.1 Å². The highest BCUT2D eigenvalue weighted by molar-refractivity contribution is 7.07. The molecule has 1 unspecified atom stereocenters. The molecule has 2 aromatic rings. The van der Waals surface area contributed by atoms with Crippen molar-refractivity contribution in [1.29, 1.82) is 0 Å². The minimum Gasteiger partial charge on any atom is -0.332 e. The minimum atomic E-state index is -0.537. The zero-order valence-corrected chi connectivity index (χ0v) is 9.65. The lowest BCUT2D eigenvalue weighted by Gasteiger charge is -2.11. The van der Waals surface area contributed by atoms with Crippen LogP contribution in [0.25, 0.3) is 0 Å². The molecule has 1 amide bonds. The number of hydrogen-bond donors (Lipinski definition) is 1. The summed E-state index contributed by atoms with van der Waals surface area (Å²) in [6.45, 7) is 0. The Morgan fingerprint density at radius 1 is 1.47 bits per heavy atom. The summed E-state index contributed by atoms with van der Waals surface area (Å²) < 4.78 is 0. The van der Waals surface area contributed by atoms with E-state index in [1.807, 2.05) is 6.07 Å². The largest absolute Gasteiger partial charge is 0.332 e. The number of nitrogens with zero attached hydrogens (tertiary/aromatic N) is 2. The third-order valence-electron chi connectivity index (χ3n) is 2.09. The van der Waals surface area contributed by atoms with E-state index >= 15 is 0 Å². The van der Waals surface area contributed by atoms with Crippen molar-refractivity contribution in [3.05, 3.63) is 46.7 Å². The Kier molecular flexibility index (Phi) is 3.48. The van der Waals surface area contributed by atoms with Gasteiger partial charge in [0, 0.05) is 11.6 Å². The first kappa shape index (κ1) is 11.3. The second-order valence-corrected chi connectivity index (χ2v) is 3.92. The van der Waals surface area contributed by atoms with Crippen LogP contribution in [0.4, 0.5) is 0 Å². The third-order valence-corrected chi connectivity index (χ3v) is 2.68. The molecular weight excluding hydrogens is 234 g/mol. The van der Waals surface area contributed by atoms with E-state index < -0.39 is 6.04 Å². The van der Waals surface area contributed by atoms with Crippen LogP contribution < -0.4 is 5.32 Å². The van der Waals surface area contributed by atoms with E-state index in [2.05, 4.69) is 21.2 Å². The van der Waals surface area contributed by atoms with Gasteiger partial charge in [0.2, 0.25) is 0 Å². The zero-order chi connectivity index (χ0) is 12.1. The molecule has 2 rings (SSSR count). The number of aromatic nitrogens is 2. The monoisotopic (exact) mass is 243 g/mol. The normalized spacial score (nSPS) is 11.5. The Hall–Kier alpha value is -2.19. The van der Waals surface area contributed by atoms with Crippen LogP contribution in [0.15, 0.2) is 35.3 Å². The van der Waals surface area contributed by atoms with Crippen molar-refractivity contribution in [2.24, 2.45) is 0 Å². The van der Waals surface area contributed by atoms with E-state index in [1.165, 1.54) is 11.3 Å². The smallest absolute Gasteiger partial charge is 0.272 e. The number of nitrogens with one attached hydrogen (secondary N) is 1. The lowest BCUT2D eigenvalue weighted by molar-refractivity contribution is 0.0940. The molecule has 0 aliphatic carbocycles. The first-order valence-electron chi connectivity index (χ1n) is 4.87. The van der Waals surface area contributed by atoms with Gasteiger partial charge < -0.3 is 5.32 Å². The summed E-state index contributed by atoms with van der Waals surface area (Å²) in [4.78, 5) is 19.8. The van der Waals surface area contributed by atoms with Crippen LogP contribution in [-0.2, 0) is 0 Å². The molecule has 84 valence electrons. The van der Waals surface area contributed by atoms with E-state index in [4.69, 9.17) is 6.42 Å². The second-order valence-electron chi connectivity index (χ2n) is 3.20. The Morgan fingerprint density at radius 3 is 2.94 bits per heavy atom. The predicted octanol–water partition coefficient (Wildman–Crippen LogP) is 1.64. The molecule has 0 aliphatic rings. The van der Waals surface area contributed by atoms with Crippen LogP contribution in [0, 0.1) is 12.3 Å². The fourth-order valence-electron chi connectivity index (χ4n) is 1.28. The van der Waals surface area contributed by atoms with Crippen LogP contribution in [0.3, 0.4) is 0 Å². The quantitative estimate of drug-likeness (QED) is 0.834. The summed E-state index contributed by atoms with van der Waals surface area (Å²) in [5, 5.41) is 4.36. The number of terminal acetylenes is 1. The van der Waals surface area contributed by atoms with E-state index in [0.717, 1.165) is 0 Å². The number of hydrogen-bond acceptors (Lipinski definition) is 4. The van der Waals surface area contributed by atoms with Gasteiger partial charge >= 0.3 is 0 Å². The summed E-state index contributed by atoms with van der Waals surface area (Å²) in [5.41, 5.74) is 2.60. The molecule has 0 fully saturated rings. The molecule has 4 nitrogen and oxygen atoms in total. The van der Waals surface area contributed by atoms with Gasteiger partial charge in [0.15, 0.2) is 0 Å². The predicted molar refractivity (Wildman–Crippen MR) is 65.4 cm³/mol. The fourth-order valence-corrected chi connectivity index (χ4v) is 1.81. The Balaban J connectivity index is 2.12. The van der Waals surface area contributed by atoms with Gasteiger partial charge in [-0.25, -0.2) is 4.98 Å². The average molecular weight is 243 g/mol. The number of carbonyl (C=O) groups excluding carboxylic acids is 1. The molecule has 1 N–H and O–H groups in total. The van der Waals surface area contributed by atoms with Crippen LogP contribution >= 0.6 is 11.3 Å². The molecule has 0 aromatic carbocycles. The summed E-state index contributed by atoms with van der Waals surface area (Å²) >= 11 is 1.36. The maximum absolute atomic E-state index is 11.8. The van der Waals surface area contributed by atoms with Gasteiger partial charge in [-0.15, -0.1) is 17.8 Å². The highest BCUT2D eigenvalue weighted by atomic mass is 32.1. The van der Waals surface area contributed by atoms with Crippen molar-refractivity contribution in [3.63, 3.8) is 0 Å². The molecule has 0 bridgehead atoms. The van der Waals surface area contributed by atoms with Crippen molar-refractivity contribution in [3.8, 4) is 12.3 Å². The number of carbonyl (C=O) groups is 1. The molecule has 5 heteroatoms. The van der Waals surface area contributed by atoms with Crippen LogP contribution in [0.2, 0.25) is 0 Å². The molecule has 0 saturated carbocycles. The summed E-state index contributed by atoms with van der Waals surface area (Å²) in [6, 6.07) is 4.85. The Morgan fingerprint density at radius 2 is 2.35 bits per heavy atom. The van der Waals surface area contributed by atoms with Gasteiger partial charge in [0.1, 0.15) is 11.7 Å². The molecule has 17 heavy (non-hydrogen) atoms. The van der Waals surface area contributed by atoms with Gasteiger partial charge in [0.25, 0.3) is 5.91 Å². The van der Waals surface area contributed by atoms with Gasteiger partial charge in [-0.2, -0.15) is 0 Å². The molecule has 0 saturated heterocycles. The first-order valence-corrected chi connectivity index (χ1v) is 5.81. The topological polar surface area (TPSA) is 54.9 Å². The lowest BCUT2D eigenvalue weighted by atomic mass is 10.2. The van der Waals surface area contributed by atoms with Crippen molar-refractivity contribution >= 4 is 17.2 Å².